The van der Waals surface area contributed by atoms with E-state index >= 15 is 0 Å². The fourth-order valence-corrected chi connectivity index (χ4v) is 3.38. The van der Waals surface area contributed by atoms with E-state index in [1.54, 1.807) is 7.11 Å². The molecule has 4 heteroatoms. The molecule has 0 spiro atoms. The Morgan fingerprint density at radius 1 is 1.33 bits per heavy atom. The summed E-state index contributed by atoms with van der Waals surface area (Å²) in [7, 11) is 3.64. The lowest BCUT2D eigenvalue weighted by atomic mass is 9.89. The van der Waals surface area contributed by atoms with E-state index in [1.807, 2.05) is 32.3 Å². The van der Waals surface area contributed by atoms with E-state index in [4.69, 9.17) is 4.74 Å². The van der Waals surface area contributed by atoms with Crippen LogP contribution < -0.4 is 10.1 Å². The number of rotatable bonds is 7. The Morgan fingerprint density at radius 3 is 2.67 bits per heavy atom. The van der Waals surface area contributed by atoms with Gasteiger partial charge in [0.15, 0.2) is 0 Å². The molecule has 1 aromatic carbocycles. The number of carbonyl (C=O) groups is 1. The molecule has 0 bridgehead atoms. The summed E-state index contributed by atoms with van der Waals surface area (Å²) in [5.41, 5.74) is 5.10. The summed E-state index contributed by atoms with van der Waals surface area (Å²) in [5.74, 6) is 0.846. The summed E-state index contributed by atoms with van der Waals surface area (Å²) in [6, 6.07) is 8.12. The van der Waals surface area contributed by atoms with E-state index in [9.17, 15) is 4.79 Å². The van der Waals surface area contributed by atoms with Crippen molar-refractivity contribution in [2.75, 3.05) is 20.7 Å². The molecular weight excluding hydrogens is 300 g/mol. The molecule has 0 atom stereocenters. The number of likely N-dealkylation sites (N-methyl/N-ethyl adjacent to an activating group) is 1. The topological polar surface area (TPSA) is 51.2 Å². The number of nitrogens with one attached hydrogen (secondary N) is 1. The monoisotopic (exact) mass is 324 g/mol. The molecule has 1 aliphatic rings. The van der Waals surface area contributed by atoms with Crippen molar-refractivity contribution in [2.24, 2.45) is 0 Å². The van der Waals surface area contributed by atoms with Gasteiger partial charge in [0.05, 0.1) is 7.11 Å². The second-order valence-electron chi connectivity index (χ2n) is 6.66. The maximum Gasteiger partial charge on any atom is 0.150 e. The van der Waals surface area contributed by atoms with Gasteiger partial charge in [-0.2, -0.15) is 0 Å². The third-order valence-corrected chi connectivity index (χ3v) is 4.89. The molecule has 1 fully saturated rings. The molecule has 0 amide bonds. The molecule has 0 aliphatic heterocycles. The summed E-state index contributed by atoms with van der Waals surface area (Å²) in [4.78, 5) is 16.0. The molecule has 1 aromatic heterocycles. The lowest BCUT2D eigenvalue weighted by Crippen LogP contribution is -2.25. The van der Waals surface area contributed by atoms with Gasteiger partial charge in [-0.05, 0) is 61.7 Å². The predicted molar refractivity (Wildman–Crippen MR) is 95.0 cm³/mol. The first-order chi connectivity index (χ1) is 11.6. The number of ether oxygens (including phenoxy) is 1. The zero-order valence-corrected chi connectivity index (χ0v) is 14.6. The van der Waals surface area contributed by atoms with Crippen LogP contribution in [-0.4, -0.2) is 32.0 Å². The number of aromatic nitrogens is 1. The number of methoxy groups -OCH3 is 1. The van der Waals surface area contributed by atoms with Crippen molar-refractivity contribution in [3.8, 4) is 5.75 Å². The van der Waals surface area contributed by atoms with Crippen LogP contribution in [0.4, 0.5) is 0 Å². The van der Waals surface area contributed by atoms with Crippen LogP contribution in [0.1, 0.15) is 45.6 Å². The molecule has 1 aliphatic carbocycles. The van der Waals surface area contributed by atoms with Crippen molar-refractivity contribution < 1.29 is 9.53 Å². The van der Waals surface area contributed by atoms with Crippen LogP contribution in [0.15, 0.2) is 30.5 Å². The van der Waals surface area contributed by atoms with Gasteiger partial charge >= 0.3 is 0 Å². The summed E-state index contributed by atoms with van der Waals surface area (Å²) in [5, 5.41) is 3.25. The highest BCUT2D eigenvalue weighted by Gasteiger charge is 2.45. The van der Waals surface area contributed by atoms with Crippen molar-refractivity contribution in [1.82, 2.24) is 10.3 Å². The molecule has 0 saturated heterocycles. The second kappa shape index (κ2) is 6.73. The molecule has 24 heavy (non-hydrogen) atoms. The molecule has 0 unspecified atom stereocenters. The van der Waals surface area contributed by atoms with Gasteiger partial charge in [0.25, 0.3) is 0 Å². The number of aryl methyl sites for hydroxylation is 1. The summed E-state index contributed by atoms with van der Waals surface area (Å²) >= 11 is 0. The number of aldehydes is 1. The molecule has 2 aromatic rings. The van der Waals surface area contributed by atoms with Crippen molar-refractivity contribution in [2.45, 2.75) is 31.6 Å². The minimum atomic E-state index is 0.0855. The van der Waals surface area contributed by atoms with Crippen LogP contribution in [0.25, 0.3) is 0 Å². The van der Waals surface area contributed by atoms with Gasteiger partial charge in [0, 0.05) is 35.8 Å². The van der Waals surface area contributed by atoms with Gasteiger partial charge in [-0.3, -0.25) is 9.78 Å². The average Bonchev–Trinajstić information content (AvgIpc) is 3.37. The highest BCUT2D eigenvalue weighted by atomic mass is 16.5. The lowest BCUT2D eigenvalue weighted by Gasteiger charge is -2.20. The van der Waals surface area contributed by atoms with Crippen molar-refractivity contribution in [1.29, 1.82) is 0 Å². The average molecular weight is 324 g/mol. The first kappa shape index (κ1) is 16.7. The first-order valence-electron chi connectivity index (χ1n) is 8.34. The summed E-state index contributed by atoms with van der Waals surface area (Å²) < 4.78 is 5.63. The Labute approximate surface area is 143 Å². The minimum absolute atomic E-state index is 0.0855. The van der Waals surface area contributed by atoms with Gasteiger partial charge in [0.2, 0.25) is 0 Å². The van der Waals surface area contributed by atoms with Gasteiger partial charge in [-0.25, -0.2) is 0 Å². The van der Waals surface area contributed by atoms with Crippen LogP contribution in [0.5, 0.6) is 5.75 Å². The van der Waals surface area contributed by atoms with Crippen LogP contribution in [0.3, 0.4) is 0 Å². The number of hydrogen-bond acceptors (Lipinski definition) is 4. The summed E-state index contributed by atoms with van der Waals surface area (Å²) in [6.07, 6.45) is 5.78. The van der Waals surface area contributed by atoms with Gasteiger partial charge in [-0.1, -0.05) is 6.07 Å². The third-order valence-electron chi connectivity index (χ3n) is 4.89. The van der Waals surface area contributed by atoms with Gasteiger partial charge < -0.3 is 10.1 Å². The van der Waals surface area contributed by atoms with E-state index in [-0.39, 0.29) is 5.41 Å². The highest BCUT2D eigenvalue weighted by Crippen LogP contribution is 2.50. The fourth-order valence-electron chi connectivity index (χ4n) is 3.38. The Bertz CT molecular complexity index is 734. The van der Waals surface area contributed by atoms with Crippen molar-refractivity contribution in [3.05, 3.63) is 58.4 Å². The zero-order valence-electron chi connectivity index (χ0n) is 14.6. The number of hydrogen-bond donors (Lipinski definition) is 1. The highest BCUT2D eigenvalue weighted by molar-refractivity contribution is 5.80. The molecular formula is C20H24N2O2. The molecule has 4 nitrogen and oxygen atoms in total. The number of carbonyl (C=O) groups excluding carboxylic acids is 1. The SMILES string of the molecule is CNCC1(c2cc(OC)c(Cc3ccc(C)nc3)cc2C=O)CC1. The molecule has 3 rings (SSSR count). The Kier molecular flexibility index (Phi) is 4.67. The quantitative estimate of drug-likeness (QED) is 0.795. The van der Waals surface area contributed by atoms with Crippen molar-refractivity contribution in [3.63, 3.8) is 0 Å². The smallest absolute Gasteiger partial charge is 0.150 e. The lowest BCUT2D eigenvalue weighted by molar-refractivity contribution is 0.112. The number of benzene rings is 1. The normalized spacial score (nSPS) is 15.1. The third kappa shape index (κ3) is 3.20. The molecule has 1 heterocycles. The van der Waals surface area contributed by atoms with Crippen LogP contribution in [0, 0.1) is 6.92 Å². The minimum Gasteiger partial charge on any atom is -0.496 e. The van der Waals surface area contributed by atoms with E-state index in [0.29, 0.717) is 6.42 Å². The van der Waals surface area contributed by atoms with Crippen molar-refractivity contribution >= 4 is 6.29 Å². The number of pyridine rings is 1. The predicted octanol–water partition coefficient (Wildman–Crippen LogP) is 3.05. The Hall–Kier alpha value is -2.20. The second-order valence-corrected chi connectivity index (χ2v) is 6.66. The van der Waals surface area contributed by atoms with Gasteiger partial charge in [0.1, 0.15) is 12.0 Å². The zero-order chi connectivity index (χ0) is 17.2. The van der Waals surface area contributed by atoms with Crippen LogP contribution in [-0.2, 0) is 11.8 Å². The van der Waals surface area contributed by atoms with E-state index in [0.717, 1.165) is 59.4 Å². The van der Waals surface area contributed by atoms with E-state index < -0.39 is 0 Å². The van der Waals surface area contributed by atoms with Crippen LogP contribution >= 0.6 is 0 Å². The standard InChI is InChI=1S/C20H24N2O2/c1-14-4-5-15(11-22-14)8-16-9-17(12-23)18(10-19(16)24-3)20(6-7-20)13-21-2/h4-5,9-12,21H,6-8,13H2,1-3H3. The molecule has 126 valence electrons. The summed E-state index contributed by atoms with van der Waals surface area (Å²) in [6.45, 7) is 2.86. The Balaban J connectivity index is 1.98. The van der Waals surface area contributed by atoms with Crippen LogP contribution in [0.2, 0.25) is 0 Å². The first-order valence-corrected chi connectivity index (χ1v) is 8.34. The maximum atomic E-state index is 11.7. The fraction of sp³-hybridized carbons (Fsp3) is 0.400. The molecule has 1 saturated carbocycles. The number of nitrogens with zero attached hydrogens (tertiary/aromatic N) is 1. The van der Waals surface area contributed by atoms with E-state index in [2.05, 4.69) is 22.4 Å². The van der Waals surface area contributed by atoms with E-state index in [1.165, 1.54) is 0 Å². The molecule has 0 radical (unpaired) electrons. The molecule has 1 N–H and O–H groups in total. The van der Waals surface area contributed by atoms with Gasteiger partial charge in [-0.15, -0.1) is 0 Å². The maximum absolute atomic E-state index is 11.7. The largest absolute Gasteiger partial charge is 0.496 e. The Morgan fingerprint density at radius 2 is 2.12 bits per heavy atom.